The third-order valence-corrected chi connectivity index (χ3v) is 6.20. The monoisotopic (exact) mass is 432 g/mol. The van der Waals surface area contributed by atoms with Crippen LogP contribution in [0.3, 0.4) is 0 Å². The van der Waals surface area contributed by atoms with E-state index < -0.39 is 11.9 Å². The zero-order chi connectivity index (χ0) is 22.4. The van der Waals surface area contributed by atoms with Gasteiger partial charge in [0.15, 0.2) is 0 Å². The smallest absolute Gasteiger partial charge is 0.338 e. The predicted molar refractivity (Wildman–Crippen MR) is 108 cm³/mol. The van der Waals surface area contributed by atoms with Crippen molar-refractivity contribution in [2.75, 3.05) is 7.11 Å². The summed E-state index contributed by atoms with van der Waals surface area (Å²) in [5, 5.41) is 9.04. The van der Waals surface area contributed by atoms with E-state index in [2.05, 4.69) is 0 Å². The van der Waals surface area contributed by atoms with E-state index in [1.807, 2.05) is 0 Å². The lowest BCUT2D eigenvalue weighted by atomic mass is 9.82. The number of esters is 3. The Balaban J connectivity index is 1.45. The quantitative estimate of drug-likeness (QED) is 0.537. The maximum Gasteiger partial charge on any atom is 0.338 e. The van der Waals surface area contributed by atoms with Gasteiger partial charge in [-0.2, -0.15) is 0 Å². The summed E-state index contributed by atoms with van der Waals surface area (Å²) in [6, 6.07) is 6.19. The van der Waals surface area contributed by atoms with Gasteiger partial charge in [-0.25, -0.2) is 4.79 Å². The molecule has 1 aromatic rings. The molecule has 8 heteroatoms. The molecule has 0 bridgehead atoms. The molecule has 168 valence electrons. The summed E-state index contributed by atoms with van der Waals surface area (Å²) < 4.78 is 15.7. The molecule has 0 unspecified atom stereocenters. The van der Waals surface area contributed by atoms with Gasteiger partial charge in [0, 0.05) is 0 Å². The molecule has 2 aliphatic rings. The average molecular weight is 432 g/mol. The van der Waals surface area contributed by atoms with Gasteiger partial charge in [0.2, 0.25) is 0 Å². The van der Waals surface area contributed by atoms with Crippen molar-refractivity contribution in [2.45, 2.75) is 57.5 Å². The van der Waals surface area contributed by atoms with Crippen LogP contribution in [0.2, 0.25) is 0 Å². The van der Waals surface area contributed by atoms with Gasteiger partial charge in [0.1, 0.15) is 11.9 Å². The first kappa shape index (κ1) is 22.8. The molecule has 0 amide bonds. The molecule has 2 aliphatic carbocycles. The minimum Gasteiger partial charge on any atom is -0.481 e. The number of methoxy groups -OCH3 is 1. The van der Waals surface area contributed by atoms with E-state index in [0.717, 1.165) is 0 Å². The number of rotatable bonds is 6. The van der Waals surface area contributed by atoms with Crippen LogP contribution in [0.25, 0.3) is 0 Å². The molecule has 1 N–H and O–H groups in total. The van der Waals surface area contributed by atoms with E-state index >= 15 is 0 Å². The Morgan fingerprint density at radius 3 is 1.84 bits per heavy atom. The van der Waals surface area contributed by atoms with Crippen LogP contribution in [0.5, 0.6) is 5.75 Å². The fourth-order valence-electron chi connectivity index (χ4n) is 4.24. The van der Waals surface area contributed by atoms with Gasteiger partial charge < -0.3 is 19.3 Å². The Morgan fingerprint density at radius 2 is 1.29 bits per heavy atom. The predicted octanol–water partition coefficient (Wildman–Crippen LogP) is 3.37. The van der Waals surface area contributed by atoms with Crippen molar-refractivity contribution in [1.82, 2.24) is 0 Å². The minimum absolute atomic E-state index is 0.131. The van der Waals surface area contributed by atoms with E-state index in [4.69, 9.17) is 19.3 Å². The van der Waals surface area contributed by atoms with E-state index in [-0.39, 0.29) is 35.8 Å². The molecule has 0 aromatic heterocycles. The van der Waals surface area contributed by atoms with Gasteiger partial charge in [-0.05, 0) is 75.6 Å². The summed E-state index contributed by atoms with van der Waals surface area (Å²) in [4.78, 5) is 47.3. The maximum absolute atomic E-state index is 12.4. The molecular weight excluding hydrogens is 404 g/mol. The lowest BCUT2D eigenvalue weighted by Crippen LogP contribution is -2.28. The van der Waals surface area contributed by atoms with Crippen LogP contribution in [0, 0.1) is 17.8 Å². The fraction of sp³-hybridized carbons (Fsp3) is 0.565. The molecule has 0 aliphatic heterocycles. The van der Waals surface area contributed by atoms with Crippen molar-refractivity contribution in [3.8, 4) is 5.75 Å². The Labute approximate surface area is 180 Å². The van der Waals surface area contributed by atoms with E-state index in [0.29, 0.717) is 62.7 Å². The molecule has 1 aromatic carbocycles. The molecule has 3 rings (SSSR count). The van der Waals surface area contributed by atoms with Crippen LogP contribution in [-0.4, -0.2) is 42.2 Å². The lowest BCUT2D eigenvalue weighted by molar-refractivity contribution is -0.147. The first-order chi connectivity index (χ1) is 14.9. The summed E-state index contributed by atoms with van der Waals surface area (Å²) in [5.74, 6) is -2.35. The van der Waals surface area contributed by atoms with E-state index in [1.165, 1.54) is 7.11 Å². The average Bonchev–Trinajstić information content (AvgIpc) is 2.79. The number of benzene rings is 1. The number of hydrogen-bond acceptors (Lipinski definition) is 7. The van der Waals surface area contributed by atoms with E-state index in [1.54, 1.807) is 24.3 Å². The van der Waals surface area contributed by atoms with Crippen LogP contribution >= 0.6 is 0 Å². The third kappa shape index (κ3) is 6.06. The lowest BCUT2D eigenvalue weighted by Gasteiger charge is -2.26. The molecule has 0 atom stereocenters. The van der Waals surface area contributed by atoms with Crippen molar-refractivity contribution in [3.63, 3.8) is 0 Å². The number of carboxylic acids is 1. The highest BCUT2D eigenvalue weighted by atomic mass is 16.5. The van der Waals surface area contributed by atoms with Gasteiger partial charge in [0.05, 0.1) is 30.4 Å². The summed E-state index contributed by atoms with van der Waals surface area (Å²) in [7, 11) is 1.37. The van der Waals surface area contributed by atoms with Crippen LogP contribution in [0.4, 0.5) is 0 Å². The van der Waals surface area contributed by atoms with Gasteiger partial charge in [-0.3, -0.25) is 14.4 Å². The number of ether oxygens (including phenoxy) is 3. The van der Waals surface area contributed by atoms with Crippen molar-refractivity contribution in [3.05, 3.63) is 29.8 Å². The maximum atomic E-state index is 12.4. The topological polar surface area (TPSA) is 116 Å². The Morgan fingerprint density at radius 1 is 0.774 bits per heavy atom. The Bertz CT molecular complexity index is 799. The summed E-state index contributed by atoms with van der Waals surface area (Å²) in [6.07, 6.45) is 4.21. The van der Waals surface area contributed by atoms with Gasteiger partial charge in [-0.1, -0.05) is 0 Å². The second-order valence-electron chi connectivity index (χ2n) is 8.23. The number of hydrogen-bond donors (Lipinski definition) is 1. The van der Waals surface area contributed by atoms with Crippen molar-refractivity contribution < 1.29 is 38.5 Å². The summed E-state index contributed by atoms with van der Waals surface area (Å²) in [5.41, 5.74) is 0.358. The highest BCUT2D eigenvalue weighted by Crippen LogP contribution is 2.31. The number of carbonyl (C=O) groups excluding carboxylic acids is 3. The molecule has 2 fully saturated rings. The van der Waals surface area contributed by atoms with E-state index in [9.17, 15) is 19.2 Å². The number of carboxylic acid groups (broad SMARTS) is 1. The standard InChI is InChI=1S/C23H28O8/c1-29-21(26)15-6-10-18(11-7-15)31-23(28)17-8-12-19(13-9-17)30-22(27)16-4-2-14(3-5-16)20(24)25/h8-9,12-16,18H,2-7,10-11H2,1H3,(H,24,25). The SMILES string of the molecule is COC(=O)C1CCC(OC(=O)c2ccc(OC(=O)C3CCC(C(=O)O)CC3)cc2)CC1. The number of carbonyl (C=O) groups is 4. The van der Waals surface area contributed by atoms with Crippen molar-refractivity contribution in [2.24, 2.45) is 17.8 Å². The largest absolute Gasteiger partial charge is 0.481 e. The second-order valence-corrected chi connectivity index (χ2v) is 8.23. The second kappa shape index (κ2) is 10.4. The molecule has 31 heavy (non-hydrogen) atoms. The summed E-state index contributed by atoms with van der Waals surface area (Å²) in [6.45, 7) is 0. The van der Waals surface area contributed by atoms with Gasteiger partial charge in [-0.15, -0.1) is 0 Å². The molecule has 2 saturated carbocycles. The zero-order valence-corrected chi connectivity index (χ0v) is 17.6. The first-order valence-electron chi connectivity index (χ1n) is 10.7. The van der Waals surface area contributed by atoms with Crippen LogP contribution < -0.4 is 4.74 Å². The summed E-state index contributed by atoms with van der Waals surface area (Å²) >= 11 is 0. The molecule has 0 heterocycles. The third-order valence-electron chi connectivity index (χ3n) is 6.20. The normalized spacial score (nSPS) is 25.8. The first-order valence-corrected chi connectivity index (χ1v) is 10.7. The van der Waals surface area contributed by atoms with Crippen LogP contribution in [0.1, 0.15) is 61.7 Å². The molecule has 0 saturated heterocycles. The molecule has 8 nitrogen and oxygen atoms in total. The fourth-order valence-corrected chi connectivity index (χ4v) is 4.24. The Hall–Kier alpha value is -2.90. The Kier molecular flexibility index (Phi) is 7.65. The van der Waals surface area contributed by atoms with Crippen molar-refractivity contribution >= 4 is 23.9 Å². The zero-order valence-electron chi connectivity index (χ0n) is 17.6. The van der Waals surface area contributed by atoms with Crippen LogP contribution in [0.15, 0.2) is 24.3 Å². The molecular formula is C23H28O8. The van der Waals surface area contributed by atoms with Gasteiger partial charge >= 0.3 is 23.9 Å². The molecule has 0 radical (unpaired) electrons. The van der Waals surface area contributed by atoms with Gasteiger partial charge in [0.25, 0.3) is 0 Å². The minimum atomic E-state index is -0.814. The highest BCUT2D eigenvalue weighted by Gasteiger charge is 2.31. The molecule has 0 spiro atoms. The number of aliphatic carboxylic acids is 1. The van der Waals surface area contributed by atoms with Crippen LogP contribution in [-0.2, 0) is 23.9 Å². The van der Waals surface area contributed by atoms with Crippen molar-refractivity contribution in [1.29, 1.82) is 0 Å². The highest BCUT2D eigenvalue weighted by molar-refractivity contribution is 5.89.